The molecule has 30 heavy (non-hydrogen) atoms. The third-order valence-corrected chi connectivity index (χ3v) is 4.92. The number of para-hydroxylation sites is 2. The topological polar surface area (TPSA) is 38.3 Å². The number of carbonyl (C=O) groups excluding carboxylic acids is 1. The molecule has 3 nitrogen and oxygen atoms in total. The molecule has 148 valence electrons. The van der Waals surface area contributed by atoms with E-state index in [1.54, 1.807) is 0 Å². The quantitative estimate of drug-likeness (QED) is 0.403. The number of aryl methyl sites for hydroxylation is 1. The zero-order valence-corrected chi connectivity index (χ0v) is 16.8. The molecule has 0 atom stereocenters. The average Bonchev–Trinajstić information content (AvgIpc) is 2.78. The Morgan fingerprint density at radius 3 is 1.83 bits per heavy atom. The number of benzene rings is 4. The maximum absolute atomic E-state index is 13.4. The smallest absolute Gasteiger partial charge is 0.236 e. The zero-order chi connectivity index (χ0) is 20.8. The van der Waals surface area contributed by atoms with Gasteiger partial charge in [0.25, 0.3) is 0 Å². The van der Waals surface area contributed by atoms with Gasteiger partial charge in [-0.25, -0.2) is 0 Å². The van der Waals surface area contributed by atoms with Gasteiger partial charge >= 0.3 is 0 Å². The lowest BCUT2D eigenvalue weighted by molar-refractivity contribution is -0.116. The molecule has 1 amide bonds. The van der Waals surface area contributed by atoms with Crippen molar-refractivity contribution in [2.24, 2.45) is 0 Å². The lowest BCUT2D eigenvalue weighted by Crippen LogP contribution is -2.22. The first kappa shape index (κ1) is 19.5. The monoisotopic (exact) mass is 393 g/mol. The molecule has 1 N–H and O–H groups in total. The number of anilines is 1. The summed E-state index contributed by atoms with van der Waals surface area (Å²) in [6.07, 6.45) is 0. The van der Waals surface area contributed by atoms with Crippen LogP contribution in [0.2, 0.25) is 0 Å². The zero-order valence-electron chi connectivity index (χ0n) is 16.8. The van der Waals surface area contributed by atoms with Crippen molar-refractivity contribution < 1.29 is 9.53 Å². The number of carbonyl (C=O) groups is 1. The average molecular weight is 393 g/mol. The lowest BCUT2D eigenvalue weighted by Gasteiger charge is -2.19. The summed E-state index contributed by atoms with van der Waals surface area (Å²) in [6, 6.07) is 35.0. The summed E-state index contributed by atoms with van der Waals surface area (Å²) >= 11 is 0. The SMILES string of the molecule is Cc1ccc(Oc2ccccc2NC(=O)C(c2ccccc2)c2ccccc2)cc1. The van der Waals surface area contributed by atoms with Crippen molar-refractivity contribution in [3.63, 3.8) is 0 Å². The van der Waals surface area contributed by atoms with Gasteiger partial charge in [-0.3, -0.25) is 4.79 Å². The Labute approximate surface area is 177 Å². The highest BCUT2D eigenvalue weighted by Gasteiger charge is 2.23. The molecular weight excluding hydrogens is 370 g/mol. The molecular formula is C27H23NO2. The number of hydrogen-bond acceptors (Lipinski definition) is 2. The van der Waals surface area contributed by atoms with Crippen LogP contribution >= 0.6 is 0 Å². The van der Waals surface area contributed by atoms with Crippen LogP contribution in [0.4, 0.5) is 5.69 Å². The molecule has 0 bridgehead atoms. The predicted molar refractivity (Wildman–Crippen MR) is 121 cm³/mol. The molecule has 0 unspecified atom stereocenters. The van der Waals surface area contributed by atoms with Crippen molar-refractivity contribution in [2.45, 2.75) is 12.8 Å². The van der Waals surface area contributed by atoms with E-state index in [-0.39, 0.29) is 5.91 Å². The summed E-state index contributed by atoms with van der Waals surface area (Å²) in [4.78, 5) is 13.4. The molecule has 0 aliphatic carbocycles. The highest BCUT2D eigenvalue weighted by molar-refractivity contribution is 5.99. The van der Waals surface area contributed by atoms with Gasteiger partial charge in [-0.1, -0.05) is 90.5 Å². The van der Waals surface area contributed by atoms with E-state index in [1.165, 1.54) is 0 Å². The van der Waals surface area contributed by atoms with Gasteiger partial charge in [-0.05, 0) is 42.3 Å². The third kappa shape index (κ3) is 4.58. The van der Waals surface area contributed by atoms with Crippen LogP contribution in [-0.2, 0) is 4.79 Å². The van der Waals surface area contributed by atoms with Gasteiger partial charge in [-0.15, -0.1) is 0 Å². The second-order valence-electron chi connectivity index (χ2n) is 7.15. The normalized spacial score (nSPS) is 10.6. The number of amides is 1. The minimum atomic E-state index is -0.417. The molecule has 0 saturated heterocycles. The van der Waals surface area contributed by atoms with Crippen molar-refractivity contribution in [3.8, 4) is 11.5 Å². The number of ether oxygens (including phenoxy) is 1. The Bertz CT molecular complexity index is 1070. The highest BCUT2D eigenvalue weighted by atomic mass is 16.5. The largest absolute Gasteiger partial charge is 0.455 e. The molecule has 4 rings (SSSR count). The molecule has 0 aliphatic heterocycles. The van der Waals surface area contributed by atoms with Crippen molar-refractivity contribution >= 4 is 11.6 Å². The molecule has 0 fully saturated rings. The second-order valence-corrected chi connectivity index (χ2v) is 7.15. The number of nitrogens with one attached hydrogen (secondary N) is 1. The molecule has 4 aromatic rings. The molecule has 3 heteroatoms. The van der Waals surface area contributed by atoms with E-state index in [1.807, 2.05) is 116 Å². The fraction of sp³-hybridized carbons (Fsp3) is 0.0741. The predicted octanol–water partition coefficient (Wildman–Crippen LogP) is 6.56. The van der Waals surface area contributed by atoms with Crippen molar-refractivity contribution in [2.75, 3.05) is 5.32 Å². The number of hydrogen-bond donors (Lipinski definition) is 1. The van der Waals surface area contributed by atoms with Crippen molar-refractivity contribution in [3.05, 3.63) is 126 Å². The molecule has 0 aliphatic rings. The summed E-state index contributed by atoms with van der Waals surface area (Å²) in [5.41, 5.74) is 3.69. The first-order chi connectivity index (χ1) is 14.7. The van der Waals surface area contributed by atoms with Gasteiger partial charge in [0.15, 0.2) is 5.75 Å². The summed E-state index contributed by atoms with van der Waals surface area (Å²) in [7, 11) is 0. The number of rotatable bonds is 6. The van der Waals surface area contributed by atoms with E-state index in [2.05, 4.69) is 5.32 Å². The van der Waals surface area contributed by atoms with Crippen LogP contribution in [0.15, 0.2) is 109 Å². The summed E-state index contributed by atoms with van der Waals surface area (Å²) in [5, 5.41) is 3.08. The summed E-state index contributed by atoms with van der Waals surface area (Å²) in [6.45, 7) is 2.03. The maximum Gasteiger partial charge on any atom is 0.236 e. The van der Waals surface area contributed by atoms with Crippen LogP contribution in [0.1, 0.15) is 22.6 Å². The fourth-order valence-electron chi connectivity index (χ4n) is 3.38. The van der Waals surface area contributed by atoms with Gasteiger partial charge in [0.1, 0.15) is 5.75 Å². The van der Waals surface area contributed by atoms with Gasteiger partial charge in [-0.2, -0.15) is 0 Å². The van der Waals surface area contributed by atoms with Crippen LogP contribution in [-0.4, -0.2) is 5.91 Å². The molecule has 0 radical (unpaired) electrons. The van der Waals surface area contributed by atoms with Crippen molar-refractivity contribution in [1.29, 1.82) is 0 Å². The molecule has 0 spiro atoms. The molecule has 0 heterocycles. The lowest BCUT2D eigenvalue weighted by atomic mass is 9.90. The first-order valence-electron chi connectivity index (χ1n) is 9.95. The van der Waals surface area contributed by atoms with Gasteiger partial charge in [0.2, 0.25) is 5.91 Å². The Kier molecular flexibility index (Phi) is 5.90. The first-order valence-corrected chi connectivity index (χ1v) is 9.95. The van der Waals surface area contributed by atoms with Crippen molar-refractivity contribution in [1.82, 2.24) is 0 Å². The van der Waals surface area contributed by atoms with E-state index >= 15 is 0 Å². The van der Waals surface area contributed by atoms with E-state index in [0.717, 1.165) is 22.4 Å². The third-order valence-electron chi connectivity index (χ3n) is 4.92. The Balaban J connectivity index is 1.62. The highest BCUT2D eigenvalue weighted by Crippen LogP contribution is 2.32. The summed E-state index contributed by atoms with van der Waals surface area (Å²) in [5.74, 6) is 0.812. The minimum Gasteiger partial charge on any atom is -0.455 e. The Morgan fingerprint density at radius 2 is 1.23 bits per heavy atom. The minimum absolute atomic E-state index is 0.104. The maximum atomic E-state index is 13.4. The molecule has 0 saturated carbocycles. The van der Waals surface area contributed by atoms with E-state index in [9.17, 15) is 4.79 Å². The molecule has 0 aromatic heterocycles. The second kappa shape index (κ2) is 9.10. The Hall–Kier alpha value is -3.85. The van der Waals surface area contributed by atoms with Crippen LogP contribution in [0.3, 0.4) is 0 Å². The summed E-state index contributed by atoms with van der Waals surface area (Å²) < 4.78 is 6.04. The van der Waals surface area contributed by atoms with Gasteiger partial charge in [0.05, 0.1) is 11.6 Å². The van der Waals surface area contributed by atoms with Crippen LogP contribution in [0, 0.1) is 6.92 Å². The van der Waals surface area contributed by atoms with E-state index < -0.39 is 5.92 Å². The van der Waals surface area contributed by atoms with Crippen LogP contribution < -0.4 is 10.1 Å². The van der Waals surface area contributed by atoms with Gasteiger partial charge in [0, 0.05) is 0 Å². The fourth-order valence-corrected chi connectivity index (χ4v) is 3.38. The van der Waals surface area contributed by atoms with E-state index in [4.69, 9.17) is 4.74 Å². The van der Waals surface area contributed by atoms with E-state index in [0.29, 0.717) is 11.4 Å². The van der Waals surface area contributed by atoms with Gasteiger partial charge < -0.3 is 10.1 Å². The van der Waals surface area contributed by atoms with Crippen LogP contribution in [0.5, 0.6) is 11.5 Å². The standard InChI is InChI=1S/C27H23NO2/c1-20-16-18-23(19-17-20)30-25-15-9-8-14-24(25)28-27(29)26(21-10-4-2-5-11-21)22-12-6-3-7-13-22/h2-19,26H,1H3,(H,28,29). The molecule has 4 aromatic carbocycles. The Morgan fingerprint density at radius 1 is 0.700 bits per heavy atom. The van der Waals surface area contributed by atoms with Crippen LogP contribution in [0.25, 0.3) is 0 Å².